The molecule has 1 aromatic heterocycles. The largest absolute Gasteiger partial charge is 0.387 e. The van der Waals surface area contributed by atoms with Gasteiger partial charge in [-0.2, -0.15) is 0 Å². The predicted molar refractivity (Wildman–Crippen MR) is 155 cm³/mol. The molecule has 0 amide bonds. The lowest BCUT2D eigenvalue weighted by Crippen LogP contribution is -2.22. The summed E-state index contributed by atoms with van der Waals surface area (Å²) in [7, 11) is 0. The van der Waals surface area contributed by atoms with E-state index < -0.39 is 0 Å². The topological polar surface area (TPSA) is 56.5 Å². The molecular weight excluding hydrogens is 618 g/mol. The molecule has 0 saturated carbocycles. The average Bonchev–Trinajstić information content (AvgIpc) is 3.40. The fourth-order valence-corrected chi connectivity index (χ4v) is 5.88. The Morgan fingerprint density at radius 1 is 0.892 bits per heavy atom. The highest BCUT2D eigenvalue weighted by atomic mass is 79.9. The highest BCUT2D eigenvalue weighted by Crippen LogP contribution is 2.32. The van der Waals surface area contributed by atoms with Gasteiger partial charge in [0.1, 0.15) is 5.82 Å². The van der Waals surface area contributed by atoms with Crippen molar-refractivity contribution in [2.75, 3.05) is 0 Å². The van der Waals surface area contributed by atoms with Gasteiger partial charge in [-0.25, -0.2) is 4.98 Å². The Kier molecular flexibility index (Phi) is 6.44. The van der Waals surface area contributed by atoms with Gasteiger partial charge in [-0.3, -0.25) is 9.36 Å². The van der Waals surface area contributed by atoms with E-state index in [4.69, 9.17) is 21.4 Å². The number of hydrogen-bond donors (Lipinski definition) is 0. The zero-order chi connectivity index (χ0) is 25.5. The van der Waals surface area contributed by atoms with Gasteiger partial charge in [0.15, 0.2) is 6.10 Å². The van der Waals surface area contributed by atoms with Gasteiger partial charge in [-0.05, 0) is 63.5 Å². The quantitative estimate of drug-likeness (QED) is 0.201. The lowest BCUT2D eigenvalue weighted by Gasteiger charge is -2.15. The number of aromatic nitrogens is 2. The number of benzene rings is 4. The first-order valence-corrected chi connectivity index (χ1v) is 13.5. The lowest BCUT2D eigenvalue weighted by molar-refractivity contribution is 0.0857. The molecule has 0 radical (unpaired) electrons. The van der Waals surface area contributed by atoms with Crippen LogP contribution in [0.4, 0.5) is 0 Å². The van der Waals surface area contributed by atoms with Gasteiger partial charge in [0.2, 0.25) is 0 Å². The highest BCUT2D eigenvalue weighted by molar-refractivity contribution is 9.11. The molecule has 182 valence electrons. The molecular formula is C29H18Br2ClN3O2. The molecule has 0 fully saturated rings. The van der Waals surface area contributed by atoms with E-state index in [2.05, 4.69) is 37.0 Å². The first-order chi connectivity index (χ1) is 18.0. The van der Waals surface area contributed by atoms with Crippen molar-refractivity contribution in [1.82, 2.24) is 9.55 Å². The van der Waals surface area contributed by atoms with E-state index in [1.807, 2.05) is 84.9 Å². The van der Waals surface area contributed by atoms with Gasteiger partial charge in [0, 0.05) is 26.0 Å². The van der Waals surface area contributed by atoms with Crippen molar-refractivity contribution in [3.63, 3.8) is 0 Å². The van der Waals surface area contributed by atoms with Crippen molar-refractivity contribution in [3.05, 3.63) is 126 Å². The minimum atomic E-state index is -0.152. The van der Waals surface area contributed by atoms with Crippen LogP contribution in [0.5, 0.6) is 0 Å². The predicted octanol–water partition coefficient (Wildman–Crippen LogP) is 8.10. The second-order valence-corrected chi connectivity index (χ2v) is 10.9. The number of rotatable bonds is 4. The SMILES string of the molecule is O=c1c2cc(Br)cc(Br)c2nc(-c2ccccc2)n1-c1ccc(C2=NOC(c3ccc(Cl)cc3)C2)cc1. The molecule has 0 aliphatic carbocycles. The van der Waals surface area contributed by atoms with Crippen molar-refractivity contribution in [3.8, 4) is 17.1 Å². The smallest absolute Gasteiger partial charge is 0.266 e. The summed E-state index contributed by atoms with van der Waals surface area (Å²) < 4.78 is 3.21. The fraction of sp³-hybridized carbons (Fsp3) is 0.0690. The van der Waals surface area contributed by atoms with Crippen LogP contribution in [0.3, 0.4) is 0 Å². The molecule has 4 aromatic carbocycles. The van der Waals surface area contributed by atoms with Crippen LogP contribution in [0.1, 0.15) is 23.7 Å². The van der Waals surface area contributed by atoms with Crippen LogP contribution in [-0.2, 0) is 4.84 Å². The Hall–Kier alpha value is -3.26. The standard InChI is InChI=1S/C29H18Br2ClN3O2/c30-20-14-23-27(24(31)15-20)33-28(19-4-2-1-3-5-19)35(29(23)36)22-12-8-17(9-13-22)25-16-26(37-34-25)18-6-10-21(32)11-7-18/h1-15,26H,16H2. The van der Waals surface area contributed by atoms with Crippen molar-refractivity contribution < 1.29 is 4.84 Å². The highest BCUT2D eigenvalue weighted by Gasteiger charge is 2.24. The third kappa shape index (κ3) is 4.63. The van der Waals surface area contributed by atoms with E-state index in [1.165, 1.54) is 0 Å². The van der Waals surface area contributed by atoms with Gasteiger partial charge >= 0.3 is 0 Å². The van der Waals surface area contributed by atoms with Crippen LogP contribution in [0.25, 0.3) is 28.0 Å². The molecule has 1 atom stereocenters. The monoisotopic (exact) mass is 633 g/mol. The molecule has 8 heteroatoms. The summed E-state index contributed by atoms with van der Waals surface area (Å²) in [4.78, 5) is 24.4. The number of hydrogen-bond acceptors (Lipinski definition) is 4. The summed E-state index contributed by atoms with van der Waals surface area (Å²) >= 11 is 13.1. The number of nitrogens with zero attached hydrogens (tertiary/aromatic N) is 3. The molecule has 0 N–H and O–H groups in total. The maximum atomic E-state index is 13.8. The van der Waals surface area contributed by atoms with Gasteiger partial charge in [0.25, 0.3) is 5.56 Å². The van der Waals surface area contributed by atoms with E-state index in [1.54, 1.807) is 10.6 Å². The van der Waals surface area contributed by atoms with E-state index >= 15 is 0 Å². The zero-order valence-corrected chi connectivity index (χ0v) is 23.2. The molecule has 1 aliphatic rings. The molecule has 0 spiro atoms. The van der Waals surface area contributed by atoms with Crippen LogP contribution >= 0.6 is 43.5 Å². The lowest BCUT2D eigenvalue weighted by atomic mass is 10.00. The molecule has 1 unspecified atom stereocenters. The average molecular weight is 636 g/mol. The molecule has 1 aliphatic heterocycles. The first kappa shape index (κ1) is 24.1. The molecule has 5 nitrogen and oxygen atoms in total. The molecule has 0 bridgehead atoms. The van der Waals surface area contributed by atoms with Crippen LogP contribution in [0.15, 0.2) is 110 Å². The molecule has 0 saturated heterocycles. The molecule has 6 rings (SSSR count). The van der Waals surface area contributed by atoms with Crippen LogP contribution in [-0.4, -0.2) is 15.3 Å². The van der Waals surface area contributed by atoms with Crippen molar-refractivity contribution in [2.24, 2.45) is 5.16 Å². The summed E-state index contributed by atoms with van der Waals surface area (Å²) in [6.07, 6.45) is 0.497. The molecule has 37 heavy (non-hydrogen) atoms. The van der Waals surface area contributed by atoms with Crippen molar-refractivity contribution in [1.29, 1.82) is 0 Å². The minimum Gasteiger partial charge on any atom is -0.387 e. The first-order valence-electron chi connectivity index (χ1n) is 11.5. The Labute approximate surface area is 234 Å². The second kappa shape index (κ2) is 9.89. The second-order valence-electron chi connectivity index (χ2n) is 8.66. The summed E-state index contributed by atoms with van der Waals surface area (Å²) in [6, 6.07) is 28.8. The summed E-state index contributed by atoms with van der Waals surface area (Å²) in [5.74, 6) is 0.568. The van der Waals surface area contributed by atoms with Crippen LogP contribution < -0.4 is 5.56 Å². The Bertz CT molecular complexity index is 1720. The summed E-state index contributed by atoms with van der Waals surface area (Å²) in [6.45, 7) is 0. The van der Waals surface area contributed by atoms with Crippen LogP contribution in [0, 0.1) is 0 Å². The Balaban J connectivity index is 1.40. The van der Waals surface area contributed by atoms with E-state index in [0.29, 0.717) is 33.9 Å². The van der Waals surface area contributed by atoms with E-state index in [9.17, 15) is 4.79 Å². The Morgan fingerprint density at radius 2 is 1.62 bits per heavy atom. The van der Waals surface area contributed by atoms with Gasteiger partial charge in [0.05, 0.1) is 22.3 Å². The summed E-state index contributed by atoms with van der Waals surface area (Å²) in [5.41, 5.74) is 4.85. The zero-order valence-electron chi connectivity index (χ0n) is 19.2. The number of fused-ring (bicyclic) bond motifs is 1. The fourth-order valence-electron chi connectivity index (χ4n) is 4.44. The number of halogens is 3. The van der Waals surface area contributed by atoms with Crippen molar-refractivity contribution >= 4 is 60.1 Å². The third-order valence-corrected chi connectivity index (χ3v) is 7.61. The van der Waals surface area contributed by atoms with Gasteiger partial charge in [-0.15, -0.1) is 0 Å². The Morgan fingerprint density at radius 3 is 2.35 bits per heavy atom. The minimum absolute atomic E-state index is 0.150. The maximum absolute atomic E-state index is 13.8. The van der Waals surface area contributed by atoms with Gasteiger partial charge in [-0.1, -0.05) is 87.3 Å². The van der Waals surface area contributed by atoms with Crippen LogP contribution in [0.2, 0.25) is 5.02 Å². The van der Waals surface area contributed by atoms with E-state index in [-0.39, 0.29) is 11.7 Å². The number of oxime groups is 1. The van der Waals surface area contributed by atoms with Gasteiger partial charge < -0.3 is 4.84 Å². The molecule has 2 heterocycles. The van der Waals surface area contributed by atoms with Crippen molar-refractivity contribution in [2.45, 2.75) is 12.5 Å². The molecule has 5 aromatic rings. The normalized spacial score (nSPS) is 15.0. The summed E-state index contributed by atoms with van der Waals surface area (Å²) in [5, 5.41) is 5.53. The van der Waals surface area contributed by atoms with E-state index in [0.717, 1.165) is 31.3 Å². The third-order valence-electron chi connectivity index (χ3n) is 6.29. The maximum Gasteiger partial charge on any atom is 0.266 e.